The van der Waals surface area contributed by atoms with Crippen LogP contribution in [0.1, 0.15) is 69.8 Å². The number of rotatable bonds is 5. The fraction of sp³-hybridized carbons (Fsp3) is 0.286. The van der Waals surface area contributed by atoms with E-state index < -0.39 is 0 Å². The van der Waals surface area contributed by atoms with E-state index in [0.717, 1.165) is 0 Å². The van der Waals surface area contributed by atoms with Crippen molar-refractivity contribution in [3.05, 3.63) is 102 Å². The molecule has 1 aliphatic rings. The van der Waals surface area contributed by atoms with Crippen LogP contribution >= 0.6 is 0 Å². The molecule has 0 spiro atoms. The SMILES string of the molecule is C.CC(C)c1cccc(C(C)C)c1N1C=CNC1c1ccc(-c2ccccc2)cc1. The van der Waals surface area contributed by atoms with Gasteiger partial charge in [0.1, 0.15) is 6.17 Å². The normalized spacial score (nSPS) is 15.4. The molecule has 1 atom stereocenters. The van der Waals surface area contributed by atoms with E-state index in [9.17, 15) is 0 Å². The fourth-order valence-electron chi connectivity index (χ4n) is 4.14. The summed E-state index contributed by atoms with van der Waals surface area (Å²) in [6.45, 7) is 9.11. The minimum absolute atomic E-state index is 0. The summed E-state index contributed by atoms with van der Waals surface area (Å²) in [7, 11) is 0. The maximum Gasteiger partial charge on any atom is 0.129 e. The first-order valence-electron chi connectivity index (χ1n) is 10.6. The Morgan fingerprint density at radius 1 is 0.700 bits per heavy atom. The minimum Gasteiger partial charge on any atom is -0.366 e. The van der Waals surface area contributed by atoms with Gasteiger partial charge in [0.15, 0.2) is 0 Å². The second-order valence-electron chi connectivity index (χ2n) is 8.37. The molecule has 2 nitrogen and oxygen atoms in total. The van der Waals surface area contributed by atoms with Gasteiger partial charge in [-0.3, -0.25) is 0 Å². The van der Waals surface area contributed by atoms with E-state index in [1.54, 1.807) is 0 Å². The lowest BCUT2D eigenvalue weighted by Crippen LogP contribution is -2.28. The first-order chi connectivity index (χ1) is 14.1. The Morgan fingerprint density at radius 2 is 1.27 bits per heavy atom. The predicted octanol–water partition coefficient (Wildman–Crippen LogP) is 7.82. The van der Waals surface area contributed by atoms with Gasteiger partial charge in [-0.15, -0.1) is 0 Å². The molecule has 0 radical (unpaired) electrons. The highest BCUT2D eigenvalue weighted by Gasteiger charge is 2.27. The molecule has 30 heavy (non-hydrogen) atoms. The molecule has 0 saturated carbocycles. The van der Waals surface area contributed by atoms with Crippen LogP contribution in [0.5, 0.6) is 0 Å². The van der Waals surface area contributed by atoms with Gasteiger partial charge in [0.05, 0.1) is 0 Å². The molecule has 1 N–H and O–H groups in total. The van der Waals surface area contributed by atoms with Crippen molar-refractivity contribution in [1.29, 1.82) is 0 Å². The summed E-state index contributed by atoms with van der Waals surface area (Å²) in [5, 5.41) is 3.56. The maximum absolute atomic E-state index is 3.56. The van der Waals surface area contributed by atoms with Crippen molar-refractivity contribution < 1.29 is 0 Å². The monoisotopic (exact) mass is 398 g/mol. The molecule has 1 aliphatic heterocycles. The van der Waals surface area contributed by atoms with Gasteiger partial charge in [-0.2, -0.15) is 0 Å². The van der Waals surface area contributed by atoms with Crippen molar-refractivity contribution in [1.82, 2.24) is 5.32 Å². The summed E-state index contributed by atoms with van der Waals surface area (Å²) in [5.41, 5.74) is 7.91. The molecule has 0 aliphatic carbocycles. The number of para-hydroxylation sites is 1. The Kier molecular flexibility index (Phi) is 6.66. The van der Waals surface area contributed by atoms with Gasteiger partial charge in [0.25, 0.3) is 0 Å². The topological polar surface area (TPSA) is 15.3 Å². The third-order valence-corrected chi connectivity index (χ3v) is 5.70. The van der Waals surface area contributed by atoms with Crippen LogP contribution < -0.4 is 10.2 Å². The highest BCUT2D eigenvalue weighted by Crippen LogP contribution is 2.40. The van der Waals surface area contributed by atoms with E-state index in [2.05, 4.69) is 123 Å². The van der Waals surface area contributed by atoms with Crippen molar-refractivity contribution >= 4 is 5.69 Å². The van der Waals surface area contributed by atoms with Crippen LogP contribution in [0.15, 0.2) is 85.2 Å². The minimum atomic E-state index is 0. The van der Waals surface area contributed by atoms with Gasteiger partial charge in [0, 0.05) is 18.1 Å². The Labute approximate surface area is 182 Å². The van der Waals surface area contributed by atoms with Gasteiger partial charge in [0.2, 0.25) is 0 Å². The summed E-state index contributed by atoms with van der Waals surface area (Å²) < 4.78 is 0. The zero-order valence-corrected chi connectivity index (χ0v) is 17.8. The van der Waals surface area contributed by atoms with Crippen molar-refractivity contribution in [3.8, 4) is 11.1 Å². The number of nitrogens with zero attached hydrogens (tertiary/aromatic N) is 1. The smallest absolute Gasteiger partial charge is 0.129 e. The van der Waals surface area contributed by atoms with Crippen LogP contribution in [0.2, 0.25) is 0 Å². The van der Waals surface area contributed by atoms with Crippen LogP contribution in [0.3, 0.4) is 0 Å². The van der Waals surface area contributed by atoms with Crippen LogP contribution in [-0.4, -0.2) is 0 Å². The largest absolute Gasteiger partial charge is 0.366 e. The molecule has 156 valence electrons. The van der Waals surface area contributed by atoms with Crippen molar-refractivity contribution in [2.24, 2.45) is 0 Å². The van der Waals surface area contributed by atoms with Crippen LogP contribution in [-0.2, 0) is 0 Å². The predicted molar refractivity (Wildman–Crippen MR) is 131 cm³/mol. The van der Waals surface area contributed by atoms with Gasteiger partial charge in [-0.05, 0) is 39.7 Å². The summed E-state index contributed by atoms with van der Waals surface area (Å²) in [4.78, 5) is 2.40. The number of hydrogen-bond donors (Lipinski definition) is 1. The molecule has 0 amide bonds. The first kappa shape index (κ1) is 21.7. The van der Waals surface area contributed by atoms with Gasteiger partial charge < -0.3 is 10.2 Å². The van der Waals surface area contributed by atoms with Crippen molar-refractivity contribution in [2.75, 3.05) is 4.90 Å². The Bertz CT molecular complexity index is 959. The molecule has 0 aromatic heterocycles. The third-order valence-electron chi connectivity index (χ3n) is 5.70. The zero-order valence-electron chi connectivity index (χ0n) is 17.8. The van der Waals surface area contributed by atoms with Gasteiger partial charge in [-0.25, -0.2) is 0 Å². The van der Waals surface area contributed by atoms with E-state index >= 15 is 0 Å². The number of hydrogen-bond acceptors (Lipinski definition) is 2. The van der Waals surface area contributed by atoms with E-state index in [-0.39, 0.29) is 13.6 Å². The van der Waals surface area contributed by atoms with E-state index in [1.165, 1.54) is 33.5 Å². The molecule has 3 aromatic rings. The first-order valence-corrected chi connectivity index (χ1v) is 10.6. The van der Waals surface area contributed by atoms with Crippen LogP contribution in [0.4, 0.5) is 5.69 Å². The van der Waals surface area contributed by atoms with Crippen molar-refractivity contribution in [3.63, 3.8) is 0 Å². The van der Waals surface area contributed by atoms with Crippen molar-refractivity contribution in [2.45, 2.75) is 53.1 Å². The third kappa shape index (κ3) is 4.14. The lowest BCUT2D eigenvalue weighted by molar-refractivity contribution is 0.657. The van der Waals surface area contributed by atoms with E-state index in [4.69, 9.17) is 0 Å². The second kappa shape index (κ2) is 9.21. The molecule has 0 fully saturated rings. The molecule has 1 heterocycles. The Balaban J connectivity index is 0.00000256. The molecule has 0 bridgehead atoms. The molecule has 4 rings (SSSR count). The Hall–Kier alpha value is -3.00. The summed E-state index contributed by atoms with van der Waals surface area (Å²) in [6.07, 6.45) is 4.36. The lowest BCUT2D eigenvalue weighted by Gasteiger charge is -2.32. The molecule has 3 aromatic carbocycles. The second-order valence-corrected chi connectivity index (χ2v) is 8.37. The summed E-state index contributed by atoms with van der Waals surface area (Å²) >= 11 is 0. The average Bonchev–Trinajstić information content (AvgIpc) is 3.23. The van der Waals surface area contributed by atoms with Crippen LogP contribution in [0, 0.1) is 0 Å². The number of anilines is 1. The molecular formula is C28H34N2. The molecule has 1 unspecified atom stereocenters. The van der Waals surface area contributed by atoms with E-state index in [1.807, 2.05) is 0 Å². The quantitative estimate of drug-likeness (QED) is 0.471. The maximum atomic E-state index is 3.56. The molecular weight excluding hydrogens is 364 g/mol. The Morgan fingerprint density at radius 3 is 1.83 bits per heavy atom. The molecule has 2 heteroatoms. The highest BCUT2D eigenvalue weighted by molar-refractivity contribution is 5.67. The standard InChI is InChI=1S/C27H30N2.CH4/c1-19(2)24-11-8-12-25(20(3)4)26(24)29-18-17-28-27(29)23-15-13-22(14-16-23)21-9-6-5-7-10-21;/h5-20,27-28H,1-4H3;1H4. The average molecular weight is 399 g/mol. The fourth-order valence-corrected chi connectivity index (χ4v) is 4.14. The number of benzene rings is 3. The van der Waals surface area contributed by atoms with Gasteiger partial charge >= 0.3 is 0 Å². The highest BCUT2D eigenvalue weighted by atomic mass is 15.3. The van der Waals surface area contributed by atoms with Gasteiger partial charge in [-0.1, -0.05) is 108 Å². The molecule has 0 saturated heterocycles. The summed E-state index contributed by atoms with van der Waals surface area (Å²) in [5.74, 6) is 0.942. The summed E-state index contributed by atoms with van der Waals surface area (Å²) in [6, 6.07) is 26.2. The van der Waals surface area contributed by atoms with Crippen LogP contribution in [0.25, 0.3) is 11.1 Å². The zero-order chi connectivity index (χ0) is 20.4. The van der Waals surface area contributed by atoms with E-state index in [0.29, 0.717) is 11.8 Å². The number of nitrogens with one attached hydrogen (secondary N) is 1. The lowest BCUT2D eigenvalue weighted by atomic mass is 9.91.